The van der Waals surface area contributed by atoms with E-state index in [0.29, 0.717) is 11.4 Å². The summed E-state index contributed by atoms with van der Waals surface area (Å²) in [6.45, 7) is 0.781. The van der Waals surface area contributed by atoms with E-state index in [0.717, 1.165) is 17.8 Å². The van der Waals surface area contributed by atoms with Crippen molar-refractivity contribution >= 4 is 11.4 Å². The fourth-order valence-electron chi connectivity index (χ4n) is 1.69. The van der Waals surface area contributed by atoms with Crippen LogP contribution >= 0.6 is 0 Å². The zero-order valence-electron chi connectivity index (χ0n) is 10.0. The summed E-state index contributed by atoms with van der Waals surface area (Å²) in [6.07, 6.45) is 3.41. The second kappa shape index (κ2) is 4.82. The van der Waals surface area contributed by atoms with Gasteiger partial charge >= 0.3 is 0 Å². The van der Waals surface area contributed by atoms with Gasteiger partial charge in [0.15, 0.2) is 0 Å². The number of nitrogens with zero attached hydrogens (tertiary/aromatic N) is 1. The van der Waals surface area contributed by atoms with Gasteiger partial charge in [-0.25, -0.2) is 0 Å². The molecule has 4 nitrogen and oxygen atoms in total. The minimum atomic E-state index is 0.646. The van der Waals surface area contributed by atoms with Crippen molar-refractivity contribution in [3.05, 3.63) is 42.4 Å². The van der Waals surface area contributed by atoms with E-state index in [4.69, 9.17) is 14.9 Å². The monoisotopic (exact) mass is 232 g/mol. The van der Waals surface area contributed by atoms with E-state index in [1.807, 2.05) is 31.3 Å². The Morgan fingerprint density at radius 2 is 2.18 bits per heavy atom. The summed E-state index contributed by atoms with van der Waals surface area (Å²) in [7, 11) is 3.63. The number of furan rings is 1. The van der Waals surface area contributed by atoms with Gasteiger partial charge in [-0.05, 0) is 18.2 Å². The van der Waals surface area contributed by atoms with Gasteiger partial charge in [-0.2, -0.15) is 0 Å². The van der Waals surface area contributed by atoms with Crippen molar-refractivity contribution in [2.75, 3.05) is 24.8 Å². The van der Waals surface area contributed by atoms with E-state index >= 15 is 0 Å². The molecule has 0 saturated heterocycles. The molecule has 0 saturated carbocycles. The predicted octanol–water partition coefficient (Wildman–Crippen LogP) is 2.51. The molecule has 0 aliphatic carbocycles. The molecule has 0 radical (unpaired) electrons. The van der Waals surface area contributed by atoms with Crippen LogP contribution in [0.1, 0.15) is 5.56 Å². The summed E-state index contributed by atoms with van der Waals surface area (Å²) >= 11 is 0. The second-order valence-electron chi connectivity index (χ2n) is 3.91. The number of methoxy groups -OCH3 is 1. The van der Waals surface area contributed by atoms with Crippen LogP contribution in [0.15, 0.2) is 41.2 Å². The Hall–Kier alpha value is -2.10. The van der Waals surface area contributed by atoms with Crippen LogP contribution in [0.3, 0.4) is 0 Å². The fraction of sp³-hybridized carbons (Fsp3) is 0.231. The Morgan fingerprint density at radius 3 is 2.82 bits per heavy atom. The van der Waals surface area contributed by atoms with Gasteiger partial charge < -0.3 is 19.8 Å². The molecule has 90 valence electrons. The molecule has 0 aliphatic rings. The molecule has 1 aromatic carbocycles. The summed E-state index contributed by atoms with van der Waals surface area (Å²) in [6, 6.07) is 7.69. The molecule has 0 spiro atoms. The van der Waals surface area contributed by atoms with Crippen LogP contribution in [0.25, 0.3) is 0 Å². The molecule has 4 heteroatoms. The Bertz CT molecular complexity index is 480. The number of hydrogen-bond donors (Lipinski definition) is 1. The first-order valence-corrected chi connectivity index (χ1v) is 5.36. The highest BCUT2D eigenvalue weighted by Gasteiger charge is 2.06. The lowest BCUT2D eigenvalue weighted by atomic mass is 10.2. The summed E-state index contributed by atoms with van der Waals surface area (Å²) in [5.41, 5.74) is 8.60. The van der Waals surface area contributed by atoms with E-state index < -0.39 is 0 Å². The first kappa shape index (κ1) is 11.4. The summed E-state index contributed by atoms with van der Waals surface area (Å²) < 4.78 is 10.2. The third-order valence-electron chi connectivity index (χ3n) is 2.66. The van der Waals surface area contributed by atoms with Gasteiger partial charge in [0, 0.05) is 30.9 Å². The van der Waals surface area contributed by atoms with Crippen LogP contribution in [0, 0.1) is 0 Å². The van der Waals surface area contributed by atoms with Crippen LogP contribution in [0.5, 0.6) is 5.75 Å². The lowest BCUT2D eigenvalue weighted by molar-refractivity contribution is 0.417. The number of ether oxygens (including phenoxy) is 1. The highest BCUT2D eigenvalue weighted by Crippen LogP contribution is 2.27. The van der Waals surface area contributed by atoms with E-state index in [9.17, 15) is 0 Å². The second-order valence-corrected chi connectivity index (χ2v) is 3.91. The Balaban J connectivity index is 2.16. The maximum absolute atomic E-state index is 5.78. The first-order valence-electron chi connectivity index (χ1n) is 5.36. The van der Waals surface area contributed by atoms with Gasteiger partial charge in [-0.1, -0.05) is 0 Å². The van der Waals surface area contributed by atoms with Crippen molar-refractivity contribution in [3.63, 3.8) is 0 Å². The standard InChI is InChI=1S/C13H16N2O2/c1-15(8-10-5-6-17-9-10)11-3-4-12(14)13(7-11)16-2/h3-7,9H,8,14H2,1-2H3. The molecule has 0 bridgehead atoms. The molecule has 0 fully saturated rings. The zero-order valence-corrected chi connectivity index (χ0v) is 10.0. The predicted molar refractivity (Wildman–Crippen MR) is 68.2 cm³/mol. The first-order chi connectivity index (χ1) is 8.20. The number of hydrogen-bond acceptors (Lipinski definition) is 4. The number of rotatable bonds is 4. The van der Waals surface area contributed by atoms with E-state index in [1.54, 1.807) is 19.6 Å². The van der Waals surface area contributed by atoms with E-state index in [2.05, 4.69) is 4.90 Å². The largest absolute Gasteiger partial charge is 0.495 e. The molecule has 0 amide bonds. The van der Waals surface area contributed by atoms with Crippen molar-refractivity contribution in [2.45, 2.75) is 6.54 Å². The van der Waals surface area contributed by atoms with Crippen LogP contribution in [0.4, 0.5) is 11.4 Å². The summed E-state index contributed by atoms with van der Waals surface area (Å²) in [5.74, 6) is 0.696. The van der Waals surface area contributed by atoms with E-state index in [1.165, 1.54) is 0 Å². The van der Waals surface area contributed by atoms with Crippen molar-refractivity contribution < 1.29 is 9.15 Å². The fourth-order valence-corrected chi connectivity index (χ4v) is 1.69. The molecule has 0 aliphatic heterocycles. The van der Waals surface area contributed by atoms with Gasteiger partial charge in [0.1, 0.15) is 5.75 Å². The number of benzene rings is 1. The number of anilines is 2. The van der Waals surface area contributed by atoms with Crippen LogP contribution in [-0.4, -0.2) is 14.2 Å². The quantitative estimate of drug-likeness (QED) is 0.823. The van der Waals surface area contributed by atoms with Gasteiger partial charge in [0.05, 0.1) is 25.3 Å². The molecule has 0 unspecified atom stereocenters. The molecule has 17 heavy (non-hydrogen) atoms. The Morgan fingerprint density at radius 1 is 1.35 bits per heavy atom. The maximum Gasteiger partial charge on any atom is 0.143 e. The highest BCUT2D eigenvalue weighted by atomic mass is 16.5. The molecule has 0 atom stereocenters. The molecule has 2 N–H and O–H groups in total. The van der Waals surface area contributed by atoms with Crippen molar-refractivity contribution in [1.82, 2.24) is 0 Å². The van der Waals surface area contributed by atoms with Crippen LogP contribution in [0.2, 0.25) is 0 Å². The lowest BCUT2D eigenvalue weighted by Gasteiger charge is -2.19. The molecular weight excluding hydrogens is 216 g/mol. The Labute approximate surface area is 101 Å². The van der Waals surface area contributed by atoms with Gasteiger partial charge in [-0.3, -0.25) is 0 Å². The van der Waals surface area contributed by atoms with Crippen molar-refractivity contribution in [2.24, 2.45) is 0 Å². The zero-order chi connectivity index (χ0) is 12.3. The number of nitrogens with two attached hydrogens (primary N) is 1. The molecule has 2 aromatic rings. The van der Waals surface area contributed by atoms with Crippen molar-refractivity contribution in [1.29, 1.82) is 0 Å². The molecular formula is C13H16N2O2. The van der Waals surface area contributed by atoms with Crippen LogP contribution < -0.4 is 15.4 Å². The normalized spacial score (nSPS) is 10.2. The van der Waals surface area contributed by atoms with Gasteiger partial charge in [0.25, 0.3) is 0 Å². The number of nitrogen functional groups attached to an aromatic ring is 1. The third-order valence-corrected chi connectivity index (χ3v) is 2.66. The summed E-state index contributed by atoms with van der Waals surface area (Å²) in [4.78, 5) is 2.10. The molecule has 1 heterocycles. The van der Waals surface area contributed by atoms with Crippen LogP contribution in [-0.2, 0) is 6.54 Å². The smallest absolute Gasteiger partial charge is 0.143 e. The van der Waals surface area contributed by atoms with Gasteiger partial charge in [-0.15, -0.1) is 0 Å². The van der Waals surface area contributed by atoms with E-state index in [-0.39, 0.29) is 0 Å². The highest BCUT2D eigenvalue weighted by molar-refractivity contribution is 5.62. The summed E-state index contributed by atoms with van der Waals surface area (Å²) in [5, 5.41) is 0. The Kier molecular flexibility index (Phi) is 3.23. The average Bonchev–Trinajstić information content (AvgIpc) is 2.82. The minimum Gasteiger partial charge on any atom is -0.495 e. The van der Waals surface area contributed by atoms with Crippen molar-refractivity contribution in [3.8, 4) is 5.75 Å². The lowest BCUT2D eigenvalue weighted by Crippen LogP contribution is -2.16. The topological polar surface area (TPSA) is 51.6 Å². The molecule has 1 aromatic heterocycles. The molecule has 2 rings (SSSR count). The third kappa shape index (κ3) is 2.53. The average molecular weight is 232 g/mol. The van der Waals surface area contributed by atoms with Gasteiger partial charge in [0.2, 0.25) is 0 Å². The SMILES string of the molecule is COc1cc(N(C)Cc2ccoc2)ccc1N. The minimum absolute atomic E-state index is 0.646. The maximum atomic E-state index is 5.78.